The van der Waals surface area contributed by atoms with Gasteiger partial charge >= 0.3 is 0 Å². The summed E-state index contributed by atoms with van der Waals surface area (Å²) in [5.41, 5.74) is 1.49. The van der Waals surface area contributed by atoms with Gasteiger partial charge in [-0.25, -0.2) is 0 Å². The Morgan fingerprint density at radius 1 is 0.800 bits per heavy atom. The minimum Gasteiger partial charge on any atom is -0.298 e. The maximum absolute atomic E-state index is 12.7. The highest BCUT2D eigenvalue weighted by Crippen LogP contribution is 2.24. The second kappa shape index (κ2) is 5.10. The second-order valence-corrected chi connectivity index (χ2v) is 4.56. The van der Waals surface area contributed by atoms with Crippen LogP contribution in [0, 0.1) is 0 Å². The molecule has 0 atom stereocenters. The van der Waals surface area contributed by atoms with Crippen molar-refractivity contribution in [3.05, 3.63) is 83.4 Å². The molecule has 3 aromatic rings. The maximum Gasteiger partial charge on any atom is 0.194 e. The number of aldehydes is 1. The lowest BCUT2D eigenvalue weighted by molar-refractivity contribution is 0.103. The zero-order chi connectivity index (χ0) is 13.9. The molecule has 0 fully saturated rings. The molecule has 0 aliphatic carbocycles. The molecule has 0 aliphatic rings. The molecule has 0 spiro atoms. The van der Waals surface area contributed by atoms with E-state index in [2.05, 4.69) is 0 Å². The van der Waals surface area contributed by atoms with E-state index in [4.69, 9.17) is 0 Å². The van der Waals surface area contributed by atoms with Crippen LogP contribution in [0.1, 0.15) is 26.3 Å². The summed E-state index contributed by atoms with van der Waals surface area (Å²) >= 11 is 0. The summed E-state index contributed by atoms with van der Waals surface area (Å²) in [6, 6.07) is 20.2. The first-order valence-corrected chi connectivity index (χ1v) is 6.38. The Kier molecular flexibility index (Phi) is 3.13. The molecule has 20 heavy (non-hydrogen) atoms. The van der Waals surface area contributed by atoms with Gasteiger partial charge in [-0.3, -0.25) is 9.59 Å². The molecule has 0 aliphatic heterocycles. The zero-order valence-corrected chi connectivity index (χ0v) is 10.7. The van der Waals surface area contributed by atoms with Crippen LogP contribution in [0.25, 0.3) is 10.8 Å². The molecule has 0 N–H and O–H groups in total. The van der Waals surface area contributed by atoms with Crippen molar-refractivity contribution in [2.45, 2.75) is 0 Å². The van der Waals surface area contributed by atoms with E-state index in [0.29, 0.717) is 16.7 Å². The molecule has 0 amide bonds. The molecular formula is C18H12O2. The largest absolute Gasteiger partial charge is 0.298 e. The number of carbonyl (C=O) groups excluding carboxylic acids is 2. The number of hydrogen-bond acceptors (Lipinski definition) is 2. The predicted octanol–water partition coefficient (Wildman–Crippen LogP) is 3.88. The van der Waals surface area contributed by atoms with E-state index in [9.17, 15) is 9.59 Å². The third kappa shape index (κ3) is 2.01. The molecule has 0 unspecified atom stereocenters. The normalized spacial score (nSPS) is 10.4. The van der Waals surface area contributed by atoms with Gasteiger partial charge in [0.05, 0.1) is 0 Å². The van der Waals surface area contributed by atoms with Gasteiger partial charge in [-0.15, -0.1) is 0 Å². The first-order valence-electron chi connectivity index (χ1n) is 6.38. The fourth-order valence-corrected chi connectivity index (χ4v) is 2.37. The number of fused-ring (bicyclic) bond motifs is 1. The first-order chi connectivity index (χ1) is 9.81. The fraction of sp³-hybridized carbons (Fsp3) is 0. The van der Waals surface area contributed by atoms with Crippen molar-refractivity contribution in [2.75, 3.05) is 0 Å². The first kappa shape index (κ1) is 12.3. The van der Waals surface area contributed by atoms with Crippen molar-refractivity contribution in [1.29, 1.82) is 0 Å². The summed E-state index contributed by atoms with van der Waals surface area (Å²) in [4.78, 5) is 23.9. The van der Waals surface area contributed by atoms with E-state index in [1.165, 1.54) is 0 Å². The van der Waals surface area contributed by atoms with Crippen LogP contribution >= 0.6 is 0 Å². The summed E-state index contributed by atoms with van der Waals surface area (Å²) in [5, 5.41) is 1.77. The number of carbonyl (C=O) groups is 2. The number of ketones is 1. The SMILES string of the molecule is O=Cc1ccc2ccccc2c1C(=O)c1ccccc1. The predicted molar refractivity (Wildman–Crippen MR) is 79.2 cm³/mol. The second-order valence-electron chi connectivity index (χ2n) is 4.56. The Balaban J connectivity index is 2.29. The van der Waals surface area contributed by atoms with E-state index in [1.807, 2.05) is 48.5 Å². The van der Waals surface area contributed by atoms with E-state index >= 15 is 0 Å². The molecule has 0 aromatic heterocycles. The molecule has 96 valence electrons. The lowest BCUT2D eigenvalue weighted by Crippen LogP contribution is -2.06. The molecule has 2 nitrogen and oxygen atoms in total. The van der Waals surface area contributed by atoms with Gasteiger partial charge in [0.15, 0.2) is 12.1 Å². The van der Waals surface area contributed by atoms with E-state index in [-0.39, 0.29) is 5.78 Å². The van der Waals surface area contributed by atoms with Crippen molar-refractivity contribution in [2.24, 2.45) is 0 Å². The maximum atomic E-state index is 12.7. The van der Waals surface area contributed by atoms with Crippen molar-refractivity contribution < 1.29 is 9.59 Å². The third-order valence-electron chi connectivity index (χ3n) is 3.35. The summed E-state index contributed by atoms with van der Waals surface area (Å²) in [6.07, 6.45) is 0.739. The summed E-state index contributed by atoms with van der Waals surface area (Å²) in [7, 11) is 0. The van der Waals surface area contributed by atoms with Gasteiger partial charge in [0.1, 0.15) is 0 Å². The van der Waals surface area contributed by atoms with Crippen LogP contribution in [0.4, 0.5) is 0 Å². The molecule has 0 saturated carbocycles. The number of hydrogen-bond donors (Lipinski definition) is 0. The Morgan fingerprint density at radius 2 is 1.50 bits per heavy atom. The van der Waals surface area contributed by atoms with Gasteiger partial charge in [-0.2, -0.15) is 0 Å². The van der Waals surface area contributed by atoms with Crippen LogP contribution in [0.3, 0.4) is 0 Å². The van der Waals surface area contributed by atoms with E-state index in [1.54, 1.807) is 18.2 Å². The van der Waals surface area contributed by atoms with Gasteiger partial charge < -0.3 is 0 Å². The molecule has 0 heterocycles. The van der Waals surface area contributed by atoms with Crippen LogP contribution in [-0.4, -0.2) is 12.1 Å². The lowest BCUT2D eigenvalue weighted by atomic mass is 9.93. The summed E-state index contributed by atoms with van der Waals surface area (Å²) < 4.78 is 0. The van der Waals surface area contributed by atoms with Crippen LogP contribution in [-0.2, 0) is 0 Å². The number of rotatable bonds is 3. The topological polar surface area (TPSA) is 34.1 Å². The minimum atomic E-state index is -0.121. The highest BCUT2D eigenvalue weighted by atomic mass is 16.1. The molecule has 0 radical (unpaired) electrons. The average molecular weight is 260 g/mol. The average Bonchev–Trinajstić information content (AvgIpc) is 2.54. The minimum absolute atomic E-state index is 0.121. The van der Waals surface area contributed by atoms with Gasteiger partial charge in [0.2, 0.25) is 0 Å². The van der Waals surface area contributed by atoms with Gasteiger partial charge in [-0.05, 0) is 10.8 Å². The molecular weight excluding hydrogens is 248 g/mol. The summed E-state index contributed by atoms with van der Waals surface area (Å²) in [6.45, 7) is 0. The van der Waals surface area contributed by atoms with Crippen LogP contribution in [0.2, 0.25) is 0 Å². The van der Waals surface area contributed by atoms with Crippen LogP contribution in [0.15, 0.2) is 66.7 Å². The standard InChI is InChI=1S/C18H12O2/c19-12-15-11-10-13-6-4-5-9-16(13)17(15)18(20)14-7-2-1-3-8-14/h1-12H. The summed E-state index contributed by atoms with van der Waals surface area (Å²) in [5.74, 6) is -0.121. The van der Waals surface area contributed by atoms with E-state index < -0.39 is 0 Å². The Morgan fingerprint density at radius 3 is 2.25 bits per heavy atom. The lowest BCUT2D eigenvalue weighted by Gasteiger charge is -2.08. The quantitative estimate of drug-likeness (QED) is 0.529. The molecule has 0 bridgehead atoms. The highest BCUT2D eigenvalue weighted by molar-refractivity contribution is 6.20. The number of benzene rings is 3. The van der Waals surface area contributed by atoms with Crippen LogP contribution < -0.4 is 0 Å². The third-order valence-corrected chi connectivity index (χ3v) is 3.35. The van der Waals surface area contributed by atoms with Crippen molar-refractivity contribution in [3.8, 4) is 0 Å². The Labute approximate surface area is 116 Å². The molecule has 3 rings (SSSR count). The van der Waals surface area contributed by atoms with Gasteiger partial charge in [0, 0.05) is 16.7 Å². The fourth-order valence-electron chi connectivity index (χ4n) is 2.37. The highest BCUT2D eigenvalue weighted by Gasteiger charge is 2.16. The van der Waals surface area contributed by atoms with Gasteiger partial charge in [-0.1, -0.05) is 66.7 Å². The van der Waals surface area contributed by atoms with Crippen molar-refractivity contribution in [3.63, 3.8) is 0 Å². The Bertz CT molecular complexity index is 789. The molecule has 0 saturated heterocycles. The van der Waals surface area contributed by atoms with Crippen molar-refractivity contribution in [1.82, 2.24) is 0 Å². The zero-order valence-electron chi connectivity index (χ0n) is 10.7. The van der Waals surface area contributed by atoms with Gasteiger partial charge in [0.25, 0.3) is 0 Å². The monoisotopic (exact) mass is 260 g/mol. The Hall–Kier alpha value is -2.74. The molecule has 3 aromatic carbocycles. The van der Waals surface area contributed by atoms with Crippen molar-refractivity contribution >= 4 is 22.8 Å². The smallest absolute Gasteiger partial charge is 0.194 e. The molecule has 2 heteroatoms. The van der Waals surface area contributed by atoms with Crippen LogP contribution in [0.5, 0.6) is 0 Å². The van der Waals surface area contributed by atoms with E-state index in [0.717, 1.165) is 17.1 Å².